The molecule has 7 nitrogen and oxygen atoms in total. The van der Waals surface area contributed by atoms with Gasteiger partial charge in [0.25, 0.3) is 5.91 Å². The maximum Gasteiger partial charge on any atom is 0.326 e. The lowest BCUT2D eigenvalue weighted by Gasteiger charge is -2.13. The zero-order valence-corrected chi connectivity index (χ0v) is 10.3. The number of esters is 1. The number of hydrogen-bond donors (Lipinski definition) is 2. The van der Waals surface area contributed by atoms with Gasteiger partial charge in [0.1, 0.15) is 6.04 Å². The highest BCUT2D eigenvalue weighted by Crippen LogP contribution is 2.03. The number of pyridine rings is 1. The zero-order valence-electron chi connectivity index (χ0n) is 10.3. The molecule has 1 aromatic heterocycles. The predicted octanol–water partition coefficient (Wildman–Crippen LogP) is 0.218. The molecule has 0 bridgehead atoms. The van der Waals surface area contributed by atoms with Gasteiger partial charge >= 0.3 is 11.9 Å². The van der Waals surface area contributed by atoms with Crippen LogP contribution in [0.15, 0.2) is 24.5 Å². The Hall–Kier alpha value is -2.44. The standard InChI is InChI=1S/C12H14N2O5/c1-19-10(15)3-2-9(12(17)18)14-11(16)8-4-6-13-7-5-8/h4-7,9H,2-3H2,1H3,(H,14,16)(H,17,18). The zero-order chi connectivity index (χ0) is 14.3. The molecule has 1 amide bonds. The molecule has 0 saturated heterocycles. The van der Waals surface area contributed by atoms with Crippen molar-refractivity contribution in [1.29, 1.82) is 0 Å². The maximum atomic E-state index is 11.8. The molecule has 0 fully saturated rings. The van der Waals surface area contributed by atoms with Gasteiger partial charge in [0.2, 0.25) is 0 Å². The van der Waals surface area contributed by atoms with E-state index in [1.807, 2.05) is 0 Å². The third-order valence-electron chi connectivity index (χ3n) is 2.41. The lowest BCUT2D eigenvalue weighted by Crippen LogP contribution is -2.41. The minimum atomic E-state index is -1.20. The molecule has 1 unspecified atom stereocenters. The Labute approximate surface area is 109 Å². The number of nitrogens with one attached hydrogen (secondary N) is 1. The van der Waals surface area contributed by atoms with Crippen LogP contribution in [0.1, 0.15) is 23.2 Å². The van der Waals surface area contributed by atoms with Crippen LogP contribution in [0.4, 0.5) is 0 Å². The summed E-state index contributed by atoms with van der Waals surface area (Å²) in [5, 5.41) is 11.3. The summed E-state index contributed by atoms with van der Waals surface area (Å²) in [6.45, 7) is 0. The number of aliphatic carboxylic acids is 1. The molecular weight excluding hydrogens is 252 g/mol. The molecule has 0 aliphatic heterocycles. The van der Waals surface area contributed by atoms with Crippen molar-refractivity contribution < 1.29 is 24.2 Å². The van der Waals surface area contributed by atoms with Crippen molar-refractivity contribution >= 4 is 17.8 Å². The van der Waals surface area contributed by atoms with Gasteiger partial charge in [-0.3, -0.25) is 14.6 Å². The average Bonchev–Trinajstić information content (AvgIpc) is 2.43. The summed E-state index contributed by atoms with van der Waals surface area (Å²) < 4.78 is 4.42. The quantitative estimate of drug-likeness (QED) is 0.713. The van der Waals surface area contributed by atoms with E-state index < -0.39 is 23.9 Å². The topological polar surface area (TPSA) is 106 Å². The summed E-state index contributed by atoms with van der Waals surface area (Å²) in [6.07, 6.45) is 2.75. The Kier molecular flexibility index (Phi) is 5.46. The summed E-state index contributed by atoms with van der Waals surface area (Å²) in [6, 6.07) is 1.79. The van der Waals surface area contributed by atoms with E-state index in [0.717, 1.165) is 0 Å². The largest absolute Gasteiger partial charge is 0.480 e. The number of carboxylic acid groups (broad SMARTS) is 1. The number of ether oxygens (including phenoxy) is 1. The van der Waals surface area contributed by atoms with E-state index in [0.29, 0.717) is 5.56 Å². The summed E-state index contributed by atoms with van der Waals surface area (Å²) in [4.78, 5) is 37.5. The summed E-state index contributed by atoms with van der Waals surface area (Å²) in [5.74, 6) is -2.25. The van der Waals surface area contributed by atoms with Crippen LogP contribution in [0, 0.1) is 0 Å². The molecule has 2 N–H and O–H groups in total. The van der Waals surface area contributed by atoms with Crippen LogP contribution >= 0.6 is 0 Å². The first-order valence-corrected chi connectivity index (χ1v) is 5.55. The molecule has 1 aromatic rings. The van der Waals surface area contributed by atoms with E-state index in [-0.39, 0.29) is 12.8 Å². The number of methoxy groups -OCH3 is 1. The van der Waals surface area contributed by atoms with Gasteiger partial charge in [-0.2, -0.15) is 0 Å². The van der Waals surface area contributed by atoms with Crippen LogP contribution in [0.3, 0.4) is 0 Å². The molecule has 102 valence electrons. The first-order valence-electron chi connectivity index (χ1n) is 5.55. The van der Waals surface area contributed by atoms with E-state index in [2.05, 4.69) is 15.0 Å². The summed E-state index contributed by atoms with van der Waals surface area (Å²) >= 11 is 0. The number of amides is 1. The number of carboxylic acids is 1. The fourth-order valence-corrected chi connectivity index (χ4v) is 1.37. The molecule has 0 spiro atoms. The molecule has 0 saturated carbocycles. The number of hydrogen-bond acceptors (Lipinski definition) is 5. The molecule has 0 aliphatic rings. The Morgan fingerprint density at radius 1 is 1.37 bits per heavy atom. The van der Waals surface area contributed by atoms with Gasteiger partial charge in [-0.1, -0.05) is 0 Å². The fourth-order valence-electron chi connectivity index (χ4n) is 1.37. The fraction of sp³-hybridized carbons (Fsp3) is 0.333. The van der Waals surface area contributed by atoms with E-state index in [9.17, 15) is 14.4 Å². The average molecular weight is 266 g/mol. The minimum Gasteiger partial charge on any atom is -0.480 e. The summed E-state index contributed by atoms with van der Waals surface area (Å²) in [7, 11) is 1.22. The lowest BCUT2D eigenvalue weighted by atomic mass is 10.1. The second-order valence-electron chi connectivity index (χ2n) is 3.71. The predicted molar refractivity (Wildman–Crippen MR) is 64.4 cm³/mol. The van der Waals surface area contributed by atoms with Gasteiger partial charge in [-0.15, -0.1) is 0 Å². The third-order valence-corrected chi connectivity index (χ3v) is 2.41. The SMILES string of the molecule is COC(=O)CCC(NC(=O)c1ccncc1)C(=O)O. The molecule has 0 radical (unpaired) electrons. The molecule has 1 heterocycles. The second kappa shape index (κ2) is 7.10. The van der Waals surface area contributed by atoms with Crippen LogP contribution in [0.5, 0.6) is 0 Å². The van der Waals surface area contributed by atoms with E-state index in [4.69, 9.17) is 5.11 Å². The molecule has 0 aliphatic carbocycles. The monoisotopic (exact) mass is 266 g/mol. The van der Waals surface area contributed by atoms with Crippen molar-refractivity contribution in [1.82, 2.24) is 10.3 Å². The molecule has 0 aromatic carbocycles. The third kappa shape index (κ3) is 4.74. The van der Waals surface area contributed by atoms with Crippen molar-refractivity contribution in [3.05, 3.63) is 30.1 Å². The first kappa shape index (κ1) is 14.6. The van der Waals surface area contributed by atoms with Crippen molar-refractivity contribution in [2.45, 2.75) is 18.9 Å². The number of carbonyl (C=O) groups excluding carboxylic acids is 2. The molecular formula is C12H14N2O5. The van der Waals surface area contributed by atoms with Crippen LogP contribution in [-0.2, 0) is 14.3 Å². The van der Waals surface area contributed by atoms with Gasteiger partial charge in [-0.25, -0.2) is 4.79 Å². The van der Waals surface area contributed by atoms with E-state index in [1.165, 1.54) is 31.6 Å². The smallest absolute Gasteiger partial charge is 0.326 e. The first-order chi connectivity index (χ1) is 9.04. The second-order valence-corrected chi connectivity index (χ2v) is 3.71. The van der Waals surface area contributed by atoms with Crippen molar-refractivity contribution in [3.8, 4) is 0 Å². The molecule has 19 heavy (non-hydrogen) atoms. The lowest BCUT2D eigenvalue weighted by molar-refractivity contribution is -0.142. The number of nitrogens with zero attached hydrogens (tertiary/aromatic N) is 1. The normalized spacial score (nSPS) is 11.4. The van der Waals surface area contributed by atoms with Crippen LogP contribution in [0.2, 0.25) is 0 Å². The number of rotatable bonds is 6. The molecule has 7 heteroatoms. The van der Waals surface area contributed by atoms with Crippen LogP contribution < -0.4 is 5.32 Å². The van der Waals surface area contributed by atoms with Crippen molar-refractivity contribution in [2.24, 2.45) is 0 Å². The molecule has 1 atom stereocenters. The summed E-state index contributed by atoms with van der Waals surface area (Å²) in [5.41, 5.74) is 0.305. The van der Waals surface area contributed by atoms with Crippen LogP contribution in [0.25, 0.3) is 0 Å². The van der Waals surface area contributed by atoms with Crippen LogP contribution in [-0.4, -0.2) is 41.1 Å². The molecule has 1 rings (SSSR count). The van der Waals surface area contributed by atoms with Gasteiger partial charge in [-0.05, 0) is 18.6 Å². The van der Waals surface area contributed by atoms with Gasteiger partial charge < -0.3 is 15.2 Å². The highest BCUT2D eigenvalue weighted by Gasteiger charge is 2.21. The number of carbonyl (C=O) groups is 3. The van der Waals surface area contributed by atoms with Crippen molar-refractivity contribution in [3.63, 3.8) is 0 Å². The van der Waals surface area contributed by atoms with Gasteiger partial charge in [0.05, 0.1) is 7.11 Å². The minimum absolute atomic E-state index is 0.0289. The number of aromatic nitrogens is 1. The highest BCUT2D eigenvalue weighted by molar-refractivity contribution is 5.96. The highest BCUT2D eigenvalue weighted by atomic mass is 16.5. The van der Waals surface area contributed by atoms with Gasteiger partial charge in [0, 0.05) is 24.4 Å². The Bertz CT molecular complexity index is 460. The Morgan fingerprint density at radius 3 is 2.53 bits per heavy atom. The van der Waals surface area contributed by atoms with Crippen molar-refractivity contribution in [2.75, 3.05) is 7.11 Å². The van der Waals surface area contributed by atoms with Gasteiger partial charge in [0.15, 0.2) is 0 Å². The van der Waals surface area contributed by atoms with E-state index in [1.54, 1.807) is 0 Å². The maximum absolute atomic E-state index is 11.8. The Balaban J connectivity index is 2.61. The Morgan fingerprint density at radius 2 is 2.00 bits per heavy atom. The van der Waals surface area contributed by atoms with E-state index >= 15 is 0 Å².